The molecular weight excluding hydrogens is 392 g/mol. The fraction of sp³-hybridized carbons (Fsp3) is 0.500. The zero-order chi connectivity index (χ0) is 20.8. The van der Waals surface area contributed by atoms with Crippen LogP contribution < -0.4 is 15.5 Å². The summed E-state index contributed by atoms with van der Waals surface area (Å²) in [4.78, 5) is 31.9. The van der Waals surface area contributed by atoms with Crippen molar-refractivity contribution in [3.05, 3.63) is 34.9 Å². The van der Waals surface area contributed by atoms with Crippen LogP contribution in [0.3, 0.4) is 0 Å². The second kappa shape index (κ2) is 9.73. The van der Waals surface area contributed by atoms with Gasteiger partial charge in [-0.1, -0.05) is 31.9 Å². The van der Waals surface area contributed by atoms with Crippen LogP contribution in [0, 0.1) is 5.92 Å². The lowest BCUT2D eigenvalue weighted by molar-refractivity contribution is -0.119. The van der Waals surface area contributed by atoms with E-state index in [1.54, 1.807) is 24.3 Å². The highest BCUT2D eigenvalue weighted by Crippen LogP contribution is 2.17. The number of carbonyl (C=O) groups excluding carboxylic acids is 2. The molecule has 1 saturated heterocycles. The van der Waals surface area contributed by atoms with Gasteiger partial charge in [-0.25, -0.2) is 5.10 Å². The maximum Gasteiger partial charge on any atom is 0.251 e. The first-order valence-electron chi connectivity index (χ1n) is 10.0. The summed E-state index contributed by atoms with van der Waals surface area (Å²) in [5, 5.41) is 13.1. The SMILES string of the molecule is CCC(C)C(NC(=O)c1ccc(Cl)cc1)C(=O)Nc1nc(N2CCCCC2)n[nH]1. The van der Waals surface area contributed by atoms with Crippen LogP contribution >= 0.6 is 11.6 Å². The zero-order valence-corrected chi connectivity index (χ0v) is 17.5. The maximum absolute atomic E-state index is 12.9. The van der Waals surface area contributed by atoms with E-state index in [0.29, 0.717) is 16.5 Å². The Morgan fingerprint density at radius 2 is 1.90 bits per heavy atom. The summed E-state index contributed by atoms with van der Waals surface area (Å²) in [5.41, 5.74) is 0.447. The third-order valence-electron chi connectivity index (χ3n) is 5.24. The molecule has 2 aromatic rings. The van der Waals surface area contributed by atoms with E-state index in [9.17, 15) is 9.59 Å². The van der Waals surface area contributed by atoms with Crippen molar-refractivity contribution in [2.45, 2.75) is 45.6 Å². The van der Waals surface area contributed by atoms with Gasteiger partial charge in [-0.2, -0.15) is 4.98 Å². The summed E-state index contributed by atoms with van der Waals surface area (Å²) in [5.74, 6) is 0.155. The van der Waals surface area contributed by atoms with Crippen molar-refractivity contribution in [3.8, 4) is 0 Å². The first-order valence-corrected chi connectivity index (χ1v) is 10.4. The van der Waals surface area contributed by atoms with Crippen molar-refractivity contribution >= 4 is 35.3 Å². The summed E-state index contributed by atoms with van der Waals surface area (Å²) < 4.78 is 0. The van der Waals surface area contributed by atoms with Gasteiger partial charge < -0.3 is 10.2 Å². The highest BCUT2D eigenvalue weighted by Gasteiger charge is 2.27. The van der Waals surface area contributed by atoms with Crippen molar-refractivity contribution in [3.63, 3.8) is 0 Å². The third kappa shape index (κ3) is 5.47. The van der Waals surface area contributed by atoms with Crippen LogP contribution in [-0.4, -0.2) is 46.1 Å². The molecule has 2 atom stereocenters. The molecule has 1 aliphatic heterocycles. The number of benzene rings is 1. The van der Waals surface area contributed by atoms with E-state index in [0.717, 1.165) is 32.4 Å². The van der Waals surface area contributed by atoms with E-state index in [1.165, 1.54) is 6.42 Å². The number of rotatable bonds is 7. The average Bonchev–Trinajstić information content (AvgIpc) is 3.20. The number of halogens is 1. The lowest BCUT2D eigenvalue weighted by Gasteiger charge is -2.25. The molecule has 1 aromatic heterocycles. The van der Waals surface area contributed by atoms with Crippen molar-refractivity contribution in [2.75, 3.05) is 23.3 Å². The van der Waals surface area contributed by atoms with Gasteiger partial charge in [-0.05, 0) is 49.4 Å². The van der Waals surface area contributed by atoms with Gasteiger partial charge in [0.15, 0.2) is 0 Å². The fourth-order valence-electron chi connectivity index (χ4n) is 3.27. The molecule has 2 amide bonds. The number of aromatic nitrogens is 3. The van der Waals surface area contributed by atoms with Crippen molar-refractivity contribution in [1.29, 1.82) is 0 Å². The summed E-state index contributed by atoms with van der Waals surface area (Å²) in [7, 11) is 0. The van der Waals surface area contributed by atoms with Crippen molar-refractivity contribution in [1.82, 2.24) is 20.5 Å². The lowest BCUT2D eigenvalue weighted by atomic mass is 9.98. The first-order chi connectivity index (χ1) is 14.0. The molecule has 0 radical (unpaired) electrons. The van der Waals surface area contributed by atoms with Gasteiger partial charge in [0.1, 0.15) is 6.04 Å². The second-order valence-corrected chi connectivity index (χ2v) is 7.80. The van der Waals surface area contributed by atoms with Gasteiger partial charge in [0.2, 0.25) is 17.8 Å². The number of hydrogen-bond donors (Lipinski definition) is 3. The molecule has 0 spiro atoms. The van der Waals surface area contributed by atoms with Gasteiger partial charge in [0.05, 0.1) is 0 Å². The Morgan fingerprint density at radius 3 is 2.55 bits per heavy atom. The Balaban J connectivity index is 1.66. The summed E-state index contributed by atoms with van der Waals surface area (Å²) >= 11 is 5.88. The average molecular weight is 419 g/mol. The molecule has 2 heterocycles. The second-order valence-electron chi connectivity index (χ2n) is 7.36. The molecule has 156 valence electrons. The van der Waals surface area contributed by atoms with E-state index in [-0.39, 0.29) is 23.7 Å². The molecule has 3 rings (SSSR count). The number of piperidine rings is 1. The van der Waals surface area contributed by atoms with E-state index in [1.807, 2.05) is 13.8 Å². The molecule has 0 saturated carbocycles. The number of H-pyrrole nitrogens is 1. The largest absolute Gasteiger partial charge is 0.340 e. The Hall–Kier alpha value is -2.61. The Bertz CT molecular complexity index is 832. The molecule has 3 N–H and O–H groups in total. The Labute approximate surface area is 175 Å². The number of nitrogens with zero attached hydrogens (tertiary/aromatic N) is 3. The molecular formula is C20H27ClN6O2. The smallest absolute Gasteiger partial charge is 0.251 e. The van der Waals surface area contributed by atoms with Gasteiger partial charge in [-0.3, -0.25) is 14.9 Å². The standard InChI is InChI=1S/C20H27ClN6O2/c1-3-13(2)16(22-17(28)14-7-9-15(21)10-8-14)18(29)23-19-24-20(26-25-19)27-11-5-4-6-12-27/h7-10,13,16H,3-6,11-12H2,1-2H3,(H,22,28)(H2,23,24,25,26,29). The van der Waals surface area contributed by atoms with Gasteiger partial charge in [-0.15, -0.1) is 5.10 Å². The highest BCUT2D eigenvalue weighted by molar-refractivity contribution is 6.30. The van der Waals surface area contributed by atoms with E-state index < -0.39 is 6.04 Å². The normalized spacial score (nSPS) is 16.2. The summed E-state index contributed by atoms with van der Waals surface area (Å²) in [6.45, 7) is 5.73. The third-order valence-corrected chi connectivity index (χ3v) is 5.49. The minimum absolute atomic E-state index is 0.0595. The Kier molecular flexibility index (Phi) is 7.09. The van der Waals surface area contributed by atoms with Crippen LogP contribution in [0.4, 0.5) is 11.9 Å². The summed E-state index contributed by atoms with van der Waals surface area (Å²) in [6.07, 6.45) is 4.18. The quantitative estimate of drug-likeness (QED) is 0.640. The molecule has 0 aliphatic carbocycles. The maximum atomic E-state index is 12.9. The van der Waals surface area contributed by atoms with Crippen molar-refractivity contribution in [2.24, 2.45) is 5.92 Å². The number of anilines is 2. The fourth-order valence-corrected chi connectivity index (χ4v) is 3.39. The van der Waals surface area contributed by atoms with Crippen LogP contribution in [0.2, 0.25) is 5.02 Å². The number of aromatic amines is 1. The molecule has 9 heteroatoms. The molecule has 29 heavy (non-hydrogen) atoms. The van der Waals surface area contributed by atoms with Crippen LogP contribution in [0.25, 0.3) is 0 Å². The predicted octanol–water partition coefficient (Wildman–Crippen LogP) is 3.23. The van der Waals surface area contributed by atoms with Crippen LogP contribution in [-0.2, 0) is 4.79 Å². The lowest BCUT2D eigenvalue weighted by Crippen LogP contribution is -2.47. The molecule has 0 bridgehead atoms. The number of carbonyl (C=O) groups is 2. The van der Waals surface area contributed by atoms with Gasteiger partial charge >= 0.3 is 0 Å². The van der Waals surface area contributed by atoms with Crippen LogP contribution in [0.1, 0.15) is 49.9 Å². The van der Waals surface area contributed by atoms with E-state index >= 15 is 0 Å². The highest BCUT2D eigenvalue weighted by atomic mass is 35.5. The number of amides is 2. The van der Waals surface area contributed by atoms with Crippen molar-refractivity contribution < 1.29 is 9.59 Å². The molecule has 1 aliphatic rings. The van der Waals surface area contributed by atoms with Crippen LogP contribution in [0.15, 0.2) is 24.3 Å². The minimum Gasteiger partial charge on any atom is -0.340 e. The first kappa shape index (κ1) is 21.1. The molecule has 2 unspecified atom stereocenters. The molecule has 1 aromatic carbocycles. The summed E-state index contributed by atoms with van der Waals surface area (Å²) in [6, 6.07) is 5.85. The van der Waals surface area contributed by atoms with Crippen LogP contribution in [0.5, 0.6) is 0 Å². The van der Waals surface area contributed by atoms with E-state index in [2.05, 4.69) is 30.7 Å². The number of nitrogens with one attached hydrogen (secondary N) is 3. The minimum atomic E-state index is -0.702. The molecule has 8 nitrogen and oxygen atoms in total. The number of hydrogen-bond acceptors (Lipinski definition) is 5. The monoisotopic (exact) mass is 418 g/mol. The topological polar surface area (TPSA) is 103 Å². The van der Waals surface area contributed by atoms with Gasteiger partial charge in [0.25, 0.3) is 5.91 Å². The van der Waals surface area contributed by atoms with E-state index in [4.69, 9.17) is 11.6 Å². The predicted molar refractivity (Wildman–Crippen MR) is 113 cm³/mol. The zero-order valence-electron chi connectivity index (χ0n) is 16.7. The molecule has 1 fully saturated rings. The Morgan fingerprint density at radius 1 is 1.21 bits per heavy atom. The van der Waals surface area contributed by atoms with Gasteiger partial charge in [0, 0.05) is 23.7 Å².